The van der Waals surface area contributed by atoms with E-state index in [0.717, 1.165) is 71.5 Å². The van der Waals surface area contributed by atoms with Crippen LogP contribution in [0.1, 0.15) is 31.2 Å². The molecular formula is C21H31N3O2. The first-order valence-electron chi connectivity index (χ1n) is 10.1. The van der Waals surface area contributed by atoms with Crippen LogP contribution in [0.3, 0.4) is 0 Å². The molecule has 3 aliphatic heterocycles. The largest absolute Gasteiger partial charge is 0.381 e. The first-order valence-corrected chi connectivity index (χ1v) is 10.1. The predicted octanol–water partition coefficient (Wildman–Crippen LogP) is 1.58. The zero-order valence-electron chi connectivity index (χ0n) is 15.6. The van der Waals surface area contributed by atoms with E-state index < -0.39 is 0 Å². The van der Waals surface area contributed by atoms with Gasteiger partial charge in [0.05, 0.1) is 5.41 Å². The summed E-state index contributed by atoms with van der Waals surface area (Å²) in [6, 6.07) is 11.4. The smallest absolute Gasteiger partial charge is 0.229 e. The number of ether oxygens (including phenoxy) is 1. The monoisotopic (exact) mass is 357 g/mol. The molecule has 5 nitrogen and oxygen atoms in total. The first-order chi connectivity index (χ1) is 12.8. The molecule has 3 fully saturated rings. The average Bonchev–Trinajstić information content (AvgIpc) is 2.67. The molecular weight excluding hydrogens is 326 g/mol. The lowest BCUT2D eigenvalue weighted by Gasteiger charge is -2.44. The minimum Gasteiger partial charge on any atom is -0.381 e. The first kappa shape index (κ1) is 18.0. The van der Waals surface area contributed by atoms with Crippen LogP contribution in [0.15, 0.2) is 30.3 Å². The van der Waals surface area contributed by atoms with Gasteiger partial charge in [-0.3, -0.25) is 4.79 Å². The van der Waals surface area contributed by atoms with E-state index in [1.165, 1.54) is 5.56 Å². The quantitative estimate of drug-likeness (QED) is 0.840. The summed E-state index contributed by atoms with van der Waals surface area (Å²) in [6.07, 6.45) is 5.27. The number of rotatable bonds is 5. The van der Waals surface area contributed by atoms with Crippen molar-refractivity contribution in [3.63, 3.8) is 0 Å². The lowest BCUT2D eigenvalue weighted by atomic mass is 9.75. The zero-order chi connectivity index (χ0) is 17.8. The molecule has 3 heterocycles. The summed E-state index contributed by atoms with van der Waals surface area (Å²) in [5, 5.41) is 6.68. The highest BCUT2D eigenvalue weighted by molar-refractivity contribution is 5.85. The zero-order valence-corrected chi connectivity index (χ0v) is 15.6. The van der Waals surface area contributed by atoms with Gasteiger partial charge in [0.25, 0.3) is 0 Å². The van der Waals surface area contributed by atoms with Gasteiger partial charge in [0, 0.05) is 51.5 Å². The van der Waals surface area contributed by atoms with Gasteiger partial charge in [-0.25, -0.2) is 0 Å². The second-order valence-electron chi connectivity index (χ2n) is 8.17. The Kier molecular flexibility index (Phi) is 5.57. The van der Waals surface area contributed by atoms with Crippen LogP contribution < -0.4 is 10.6 Å². The SMILES string of the molecule is O=C(NC1CCN(C2CCOCC2)CC1)C1(Cc2ccccc2)CNC1. The maximum atomic E-state index is 13.0. The Morgan fingerprint density at radius 3 is 2.42 bits per heavy atom. The third-order valence-electron chi connectivity index (χ3n) is 6.37. The minimum absolute atomic E-state index is 0.240. The van der Waals surface area contributed by atoms with E-state index >= 15 is 0 Å². The lowest BCUT2D eigenvalue weighted by Crippen LogP contribution is -2.64. The molecule has 1 aromatic carbocycles. The lowest BCUT2D eigenvalue weighted by molar-refractivity contribution is -0.135. The summed E-state index contributed by atoms with van der Waals surface area (Å²) >= 11 is 0. The number of nitrogens with one attached hydrogen (secondary N) is 2. The Morgan fingerprint density at radius 2 is 1.81 bits per heavy atom. The maximum Gasteiger partial charge on any atom is 0.229 e. The van der Waals surface area contributed by atoms with E-state index in [9.17, 15) is 4.79 Å². The van der Waals surface area contributed by atoms with Gasteiger partial charge in [-0.05, 0) is 37.7 Å². The number of piperidine rings is 1. The van der Waals surface area contributed by atoms with Crippen molar-refractivity contribution in [2.45, 2.75) is 44.2 Å². The van der Waals surface area contributed by atoms with Gasteiger partial charge in [0.2, 0.25) is 5.91 Å². The fourth-order valence-corrected chi connectivity index (χ4v) is 4.58. The second-order valence-corrected chi connectivity index (χ2v) is 8.17. The molecule has 0 radical (unpaired) electrons. The molecule has 0 aromatic heterocycles. The molecule has 1 amide bonds. The van der Waals surface area contributed by atoms with Gasteiger partial charge in [-0.15, -0.1) is 0 Å². The van der Waals surface area contributed by atoms with Crippen molar-refractivity contribution in [1.29, 1.82) is 0 Å². The Morgan fingerprint density at radius 1 is 1.12 bits per heavy atom. The van der Waals surface area contributed by atoms with Crippen molar-refractivity contribution in [1.82, 2.24) is 15.5 Å². The van der Waals surface area contributed by atoms with Crippen molar-refractivity contribution in [3.05, 3.63) is 35.9 Å². The molecule has 3 aliphatic rings. The summed E-state index contributed by atoms with van der Waals surface area (Å²) in [4.78, 5) is 15.6. The van der Waals surface area contributed by atoms with Gasteiger partial charge < -0.3 is 20.3 Å². The Bertz CT molecular complexity index is 589. The van der Waals surface area contributed by atoms with Crippen LogP contribution in [0, 0.1) is 5.41 Å². The van der Waals surface area contributed by atoms with Gasteiger partial charge in [0.15, 0.2) is 0 Å². The van der Waals surface area contributed by atoms with Crippen LogP contribution in [0.2, 0.25) is 0 Å². The molecule has 0 spiro atoms. The van der Waals surface area contributed by atoms with Crippen LogP contribution >= 0.6 is 0 Å². The molecule has 0 unspecified atom stereocenters. The minimum atomic E-state index is -0.265. The highest BCUT2D eigenvalue weighted by Crippen LogP contribution is 2.29. The fraction of sp³-hybridized carbons (Fsp3) is 0.667. The summed E-state index contributed by atoms with van der Waals surface area (Å²) < 4.78 is 5.48. The Hall–Kier alpha value is -1.43. The summed E-state index contributed by atoms with van der Waals surface area (Å²) in [5.41, 5.74) is 0.984. The predicted molar refractivity (Wildman–Crippen MR) is 102 cm³/mol. The Labute approximate surface area is 156 Å². The van der Waals surface area contributed by atoms with Crippen molar-refractivity contribution in [2.75, 3.05) is 39.4 Å². The van der Waals surface area contributed by atoms with Crippen LogP contribution in [-0.2, 0) is 16.0 Å². The van der Waals surface area contributed by atoms with Crippen LogP contribution in [-0.4, -0.2) is 62.3 Å². The van der Waals surface area contributed by atoms with Crippen molar-refractivity contribution < 1.29 is 9.53 Å². The molecule has 0 bridgehead atoms. The molecule has 3 saturated heterocycles. The average molecular weight is 357 g/mol. The van der Waals surface area contributed by atoms with E-state index in [4.69, 9.17) is 4.74 Å². The van der Waals surface area contributed by atoms with Gasteiger partial charge >= 0.3 is 0 Å². The number of nitrogens with zero attached hydrogens (tertiary/aromatic N) is 1. The molecule has 26 heavy (non-hydrogen) atoms. The molecule has 4 rings (SSSR count). The topological polar surface area (TPSA) is 53.6 Å². The van der Waals surface area contributed by atoms with E-state index in [-0.39, 0.29) is 11.3 Å². The second kappa shape index (κ2) is 8.07. The van der Waals surface area contributed by atoms with Crippen molar-refractivity contribution in [3.8, 4) is 0 Å². The number of carbonyl (C=O) groups excluding carboxylic acids is 1. The van der Waals surface area contributed by atoms with Crippen molar-refractivity contribution >= 4 is 5.91 Å². The summed E-state index contributed by atoms with van der Waals surface area (Å²) in [7, 11) is 0. The summed E-state index contributed by atoms with van der Waals surface area (Å²) in [5.74, 6) is 0.240. The van der Waals surface area contributed by atoms with Gasteiger partial charge in [-0.1, -0.05) is 30.3 Å². The van der Waals surface area contributed by atoms with E-state index in [2.05, 4.69) is 39.8 Å². The number of carbonyl (C=O) groups is 1. The van der Waals surface area contributed by atoms with Crippen LogP contribution in [0.4, 0.5) is 0 Å². The molecule has 0 aliphatic carbocycles. The highest BCUT2D eigenvalue weighted by atomic mass is 16.5. The number of hydrogen-bond acceptors (Lipinski definition) is 4. The van der Waals surface area contributed by atoms with Crippen LogP contribution in [0.25, 0.3) is 0 Å². The van der Waals surface area contributed by atoms with Crippen LogP contribution in [0.5, 0.6) is 0 Å². The Balaban J connectivity index is 1.29. The van der Waals surface area contributed by atoms with E-state index in [1.807, 2.05) is 6.07 Å². The number of hydrogen-bond donors (Lipinski definition) is 2. The standard InChI is InChI=1S/C21H31N3O2/c25-20(21(15-22-16-21)14-17-4-2-1-3-5-17)23-18-6-10-24(11-7-18)19-8-12-26-13-9-19/h1-5,18-19,22H,6-16H2,(H,23,25). The third kappa shape index (κ3) is 3.95. The van der Waals surface area contributed by atoms with Crippen molar-refractivity contribution in [2.24, 2.45) is 5.41 Å². The number of benzene rings is 1. The summed E-state index contributed by atoms with van der Waals surface area (Å²) in [6.45, 7) is 5.56. The number of likely N-dealkylation sites (tertiary alicyclic amines) is 1. The third-order valence-corrected chi connectivity index (χ3v) is 6.37. The maximum absolute atomic E-state index is 13.0. The number of amides is 1. The highest BCUT2D eigenvalue weighted by Gasteiger charge is 2.45. The normalized spacial score (nSPS) is 24.8. The fourth-order valence-electron chi connectivity index (χ4n) is 4.58. The molecule has 142 valence electrons. The molecule has 2 N–H and O–H groups in total. The van der Waals surface area contributed by atoms with E-state index in [1.54, 1.807) is 0 Å². The molecule has 5 heteroatoms. The molecule has 0 atom stereocenters. The van der Waals surface area contributed by atoms with E-state index in [0.29, 0.717) is 12.1 Å². The van der Waals surface area contributed by atoms with Gasteiger partial charge in [-0.2, -0.15) is 0 Å². The molecule has 1 aromatic rings. The van der Waals surface area contributed by atoms with Gasteiger partial charge in [0.1, 0.15) is 0 Å². The molecule has 0 saturated carbocycles.